The summed E-state index contributed by atoms with van der Waals surface area (Å²) in [5.74, 6) is -1.26. The van der Waals surface area contributed by atoms with E-state index in [2.05, 4.69) is 5.32 Å². The second kappa shape index (κ2) is 8.78. The third-order valence-electron chi connectivity index (χ3n) is 3.74. The van der Waals surface area contributed by atoms with E-state index in [0.717, 1.165) is 12.1 Å². The van der Waals surface area contributed by atoms with Gasteiger partial charge in [-0.15, -0.1) is 0 Å². The van der Waals surface area contributed by atoms with Gasteiger partial charge in [0.2, 0.25) is 5.91 Å². The zero-order valence-corrected chi connectivity index (χ0v) is 14.7. The molecule has 0 bridgehead atoms. The minimum Gasteiger partial charge on any atom is -0.492 e. The summed E-state index contributed by atoms with van der Waals surface area (Å²) in [5, 5.41) is 3.04. The Morgan fingerprint density at radius 2 is 2.04 bits per heavy atom. The summed E-state index contributed by atoms with van der Waals surface area (Å²) in [7, 11) is 1.76. The Hall–Kier alpha value is -2.18. The molecule has 2 rings (SSSR count). The lowest BCUT2D eigenvalue weighted by molar-refractivity contribution is -0.120. The Labute approximate surface area is 150 Å². The molecule has 0 aliphatic rings. The van der Waals surface area contributed by atoms with E-state index in [9.17, 15) is 13.6 Å². The van der Waals surface area contributed by atoms with E-state index in [1.165, 1.54) is 6.07 Å². The fourth-order valence-corrected chi connectivity index (χ4v) is 2.27. The average Bonchev–Trinajstić information content (AvgIpc) is 2.56. The molecule has 4 nitrogen and oxygen atoms in total. The summed E-state index contributed by atoms with van der Waals surface area (Å²) < 4.78 is 32.1. The van der Waals surface area contributed by atoms with Crippen LogP contribution >= 0.6 is 11.6 Å². The number of hydrogen-bond donors (Lipinski definition) is 1. The molecule has 0 aliphatic carbocycles. The molecule has 0 saturated carbocycles. The molecule has 2 aromatic carbocycles. The Kier molecular flexibility index (Phi) is 6.73. The highest BCUT2D eigenvalue weighted by atomic mass is 35.5. The van der Waals surface area contributed by atoms with Gasteiger partial charge >= 0.3 is 0 Å². The fraction of sp³-hybridized carbons (Fsp3) is 0.278. The van der Waals surface area contributed by atoms with Crippen molar-refractivity contribution in [3.63, 3.8) is 0 Å². The van der Waals surface area contributed by atoms with E-state index >= 15 is 0 Å². The zero-order valence-electron chi connectivity index (χ0n) is 13.9. The normalized spacial score (nSPS) is 12.1. The number of ether oxygens (including phenoxy) is 1. The number of nitrogens with zero attached hydrogens (tertiary/aromatic N) is 1. The molecule has 1 N–H and O–H groups in total. The smallest absolute Gasteiger partial charge is 0.241 e. The molecule has 0 saturated heterocycles. The molecular weight excluding hydrogens is 350 g/mol. The van der Waals surface area contributed by atoms with Crippen molar-refractivity contribution >= 4 is 23.2 Å². The zero-order chi connectivity index (χ0) is 18.4. The van der Waals surface area contributed by atoms with Gasteiger partial charge in [0.25, 0.3) is 0 Å². The summed E-state index contributed by atoms with van der Waals surface area (Å²) in [6, 6.07) is 9.52. The highest BCUT2D eigenvalue weighted by Gasteiger charge is 2.19. The number of anilines is 1. The highest BCUT2D eigenvalue weighted by molar-refractivity contribution is 6.30. The number of hydrogen-bond acceptors (Lipinski definition) is 3. The molecule has 0 spiro atoms. The Balaban J connectivity index is 1.84. The maximum atomic E-state index is 13.6. The van der Waals surface area contributed by atoms with Crippen molar-refractivity contribution < 1.29 is 18.3 Å². The topological polar surface area (TPSA) is 41.6 Å². The summed E-state index contributed by atoms with van der Waals surface area (Å²) in [6.45, 7) is 2.53. The summed E-state index contributed by atoms with van der Waals surface area (Å²) in [4.78, 5) is 14.0. The van der Waals surface area contributed by atoms with Crippen molar-refractivity contribution in [1.29, 1.82) is 0 Å². The fourth-order valence-electron chi connectivity index (χ4n) is 2.09. The van der Waals surface area contributed by atoms with Crippen molar-refractivity contribution in [2.75, 3.05) is 25.5 Å². The molecule has 0 fully saturated rings. The van der Waals surface area contributed by atoms with Gasteiger partial charge in [0.05, 0.1) is 11.7 Å². The van der Waals surface area contributed by atoms with Gasteiger partial charge in [-0.1, -0.05) is 17.7 Å². The molecule has 134 valence electrons. The van der Waals surface area contributed by atoms with Gasteiger partial charge in [0.15, 0.2) is 0 Å². The maximum absolute atomic E-state index is 13.6. The number of rotatable bonds is 7. The van der Waals surface area contributed by atoms with Crippen LogP contribution in [0.25, 0.3) is 0 Å². The van der Waals surface area contributed by atoms with Crippen LogP contribution in [0.3, 0.4) is 0 Å². The van der Waals surface area contributed by atoms with Crippen LogP contribution in [0.2, 0.25) is 5.02 Å². The van der Waals surface area contributed by atoms with Gasteiger partial charge in [0, 0.05) is 17.6 Å². The van der Waals surface area contributed by atoms with Gasteiger partial charge in [-0.2, -0.15) is 0 Å². The lowest BCUT2D eigenvalue weighted by Crippen LogP contribution is -2.41. The molecule has 2 aromatic rings. The third-order valence-corrected chi connectivity index (χ3v) is 3.97. The van der Waals surface area contributed by atoms with Gasteiger partial charge < -0.3 is 10.1 Å². The van der Waals surface area contributed by atoms with Gasteiger partial charge in [-0.05, 0) is 44.3 Å². The lowest BCUT2D eigenvalue weighted by Gasteiger charge is -2.24. The first-order valence-electron chi connectivity index (χ1n) is 7.71. The average molecular weight is 369 g/mol. The van der Waals surface area contributed by atoms with Crippen LogP contribution in [-0.2, 0) is 4.79 Å². The predicted octanol–water partition coefficient (Wildman–Crippen LogP) is 3.96. The van der Waals surface area contributed by atoms with Crippen LogP contribution in [0.1, 0.15) is 6.92 Å². The number of amides is 1. The Morgan fingerprint density at radius 1 is 1.28 bits per heavy atom. The summed E-state index contributed by atoms with van der Waals surface area (Å²) >= 11 is 5.88. The van der Waals surface area contributed by atoms with Crippen molar-refractivity contribution in [3.05, 3.63) is 59.1 Å². The molecule has 1 amide bonds. The number of nitrogens with one attached hydrogen (secondary N) is 1. The highest BCUT2D eigenvalue weighted by Crippen LogP contribution is 2.17. The standard InChI is InChI=1S/C18H19ClF2N2O2/c1-12(18(24)22-17-7-6-14(20)11-16(17)21)23(2)8-9-25-15-5-3-4-13(19)10-15/h3-7,10-12H,8-9H2,1-2H3,(H,22,24). The molecule has 1 atom stereocenters. The van der Waals surface area contributed by atoms with Crippen LogP contribution in [0, 0.1) is 11.6 Å². The van der Waals surface area contributed by atoms with Crippen molar-refractivity contribution in [3.8, 4) is 5.75 Å². The maximum Gasteiger partial charge on any atom is 0.241 e. The second-order valence-corrected chi connectivity index (χ2v) is 6.01. The monoisotopic (exact) mass is 368 g/mol. The van der Waals surface area contributed by atoms with Crippen LogP contribution in [0.15, 0.2) is 42.5 Å². The molecule has 0 heterocycles. The van der Waals surface area contributed by atoms with Crippen molar-refractivity contribution in [1.82, 2.24) is 4.90 Å². The second-order valence-electron chi connectivity index (χ2n) is 5.58. The minimum atomic E-state index is -0.813. The van der Waals surface area contributed by atoms with E-state index in [0.29, 0.717) is 23.9 Å². The van der Waals surface area contributed by atoms with E-state index in [-0.39, 0.29) is 5.69 Å². The Bertz CT molecular complexity index is 743. The third kappa shape index (κ3) is 5.69. The van der Waals surface area contributed by atoms with Crippen molar-refractivity contribution in [2.24, 2.45) is 0 Å². The first-order chi connectivity index (χ1) is 11.9. The molecule has 25 heavy (non-hydrogen) atoms. The molecular formula is C18H19ClF2N2O2. The van der Waals surface area contributed by atoms with Gasteiger partial charge in [-0.25, -0.2) is 8.78 Å². The molecule has 0 radical (unpaired) electrons. The quantitative estimate of drug-likeness (QED) is 0.804. The number of likely N-dealkylation sites (N-methyl/N-ethyl adjacent to an activating group) is 1. The molecule has 0 aliphatic heterocycles. The molecule has 7 heteroatoms. The van der Waals surface area contributed by atoms with Gasteiger partial charge in [-0.3, -0.25) is 9.69 Å². The Morgan fingerprint density at radius 3 is 2.72 bits per heavy atom. The van der Waals surface area contributed by atoms with E-state index in [4.69, 9.17) is 16.3 Å². The molecule has 0 aromatic heterocycles. The number of carbonyl (C=O) groups is 1. The largest absolute Gasteiger partial charge is 0.492 e. The van der Waals surface area contributed by atoms with E-state index in [1.807, 2.05) is 0 Å². The first-order valence-corrected chi connectivity index (χ1v) is 8.09. The van der Waals surface area contributed by atoms with Crippen LogP contribution in [0.4, 0.5) is 14.5 Å². The van der Waals surface area contributed by atoms with Gasteiger partial charge in [0.1, 0.15) is 24.0 Å². The van der Waals surface area contributed by atoms with E-state index in [1.54, 1.807) is 43.1 Å². The number of benzene rings is 2. The SMILES string of the molecule is CC(C(=O)Nc1ccc(F)cc1F)N(C)CCOc1cccc(Cl)c1. The number of halogens is 3. The van der Waals surface area contributed by atoms with Crippen LogP contribution in [0.5, 0.6) is 5.75 Å². The number of carbonyl (C=O) groups excluding carboxylic acids is 1. The summed E-state index contributed by atoms with van der Waals surface area (Å²) in [5.41, 5.74) is -0.0539. The van der Waals surface area contributed by atoms with Crippen molar-refractivity contribution in [2.45, 2.75) is 13.0 Å². The predicted molar refractivity (Wildman–Crippen MR) is 94.0 cm³/mol. The summed E-state index contributed by atoms with van der Waals surface area (Å²) in [6.07, 6.45) is 0. The lowest BCUT2D eigenvalue weighted by atomic mass is 10.2. The van der Waals surface area contributed by atoms with E-state index < -0.39 is 23.6 Å². The minimum absolute atomic E-state index is 0.0539. The molecule has 1 unspecified atom stereocenters. The first kappa shape index (κ1) is 19.1. The van der Waals surface area contributed by atoms with Crippen LogP contribution < -0.4 is 10.1 Å². The van der Waals surface area contributed by atoms with Crippen LogP contribution in [-0.4, -0.2) is 37.0 Å².